The summed E-state index contributed by atoms with van der Waals surface area (Å²) in [6.45, 7) is 4.59. The lowest BCUT2D eigenvalue weighted by Crippen LogP contribution is -2.34. The Balaban J connectivity index is 2.89. The molecule has 0 aliphatic carbocycles. The SMILES string of the molecule is COCCCN[C@H](C)CN. The Hall–Kier alpha value is -0.120. The predicted octanol–water partition coefficient (Wildman–Crippen LogP) is -0.0403. The number of hydrogen-bond acceptors (Lipinski definition) is 3. The third-order valence-corrected chi connectivity index (χ3v) is 1.37. The highest BCUT2D eigenvalue weighted by atomic mass is 16.5. The zero-order chi connectivity index (χ0) is 7.82. The van der Waals surface area contributed by atoms with E-state index < -0.39 is 0 Å². The molecular weight excluding hydrogens is 128 g/mol. The molecule has 0 radical (unpaired) electrons. The van der Waals surface area contributed by atoms with Crippen molar-refractivity contribution in [2.75, 3.05) is 26.8 Å². The van der Waals surface area contributed by atoms with Crippen LogP contribution >= 0.6 is 0 Å². The van der Waals surface area contributed by atoms with Gasteiger partial charge in [0.1, 0.15) is 0 Å². The second-order valence-electron chi connectivity index (χ2n) is 2.44. The van der Waals surface area contributed by atoms with Crippen LogP contribution in [0.1, 0.15) is 13.3 Å². The second-order valence-corrected chi connectivity index (χ2v) is 2.44. The molecule has 0 rings (SSSR count). The maximum atomic E-state index is 5.39. The molecule has 0 unspecified atom stereocenters. The minimum atomic E-state index is 0.428. The molecule has 1 atom stereocenters. The molecule has 0 fully saturated rings. The van der Waals surface area contributed by atoms with Crippen LogP contribution in [0.2, 0.25) is 0 Å². The maximum absolute atomic E-state index is 5.39. The van der Waals surface area contributed by atoms with Gasteiger partial charge < -0.3 is 15.8 Å². The lowest BCUT2D eigenvalue weighted by Gasteiger charge is -2.09. The van der Waals surface area contributed by atoms with Gasteiger partial charge in [0.05, 0.1) is 0 Å². The fraction of sp³-hybridized carbons (Fsp3) is 1.00. The lowest BCUT2D eigenvalue weighted by molar-refractivity contribution is 0.193. The van der Waals surface area contributed by atoms with Gasteiger partial charge in [-0.1, -0.05) is 0 Å². The van der Waals surface area contributed by atoms with Crippen LogP contribution in [0, 0.1) is 0 Å². The molecule has 0 aliphatic heterocycles. The van der Waals surface area contributed by atoms with Gasteiger partial charge in [0.2, 0.25) is 0 Å². The van der Waals surface area contributed by atoms with E-state index in [9.17, 15) is 0 Å². The molecule has 0 saturated carbocycles. The van der Waals surface area contributed by atoms with Crippen molar-refractivity contribution in [3.63, 3.8) is 0 Å². The zero-order valence-corrected chi connectivity index (χ0v) is 6.89. The van der Waals surface area contributed by atoms with E-state index in [0.717, 1.165) is 19.6 Å². The summed E-state index contributed by atoms with van der Waals surface area (Å²) in [5, 5.41) is 3.26. The number of hydrogen-bond donors (Lipinski definition) is 2. The standard InChI is InChI=1S/C7H18N2O/c1-7(6-8)9-4-3-5-10-2/h7,9H,3-6,8H2,1-2H3/t7-/m1/s1. The van der Waals surface area contributed by atoms with Gasteiger partial charge in [-0.2, -0.15) is 0 Å². The average molecular weight is 146 g/mol. The number of ether oxygens (including phenoxy) is 1. The fourth-order valence-electron chi connectivity index (χ4n) is 0.648. The van der Waals surface area contributed by atoms with Crippen molar-refractivity contribution in [3.8, 4) is 0 Å². The van der Waals surface area contributed by atoms with Crippen LogP contribution in [-0.4, -0.2) is 32.8 Å². The molecule has 3 heteroatoms. The molecule has 3 N–H and O–H groups in total. The molecule has 0 heterocycles. The van der Waals surface area contributed by atoms with E-state index >= 15 is 0 Å². The molecular formula is C7H18N2O. The maximum Gasteiger partial charge on any atom is 0.0474 e. The number of nitrogens with one attached hydrogen (secondary N) is 1. The minimum absolute atomic E-state index is 0.428. The first kappa shape index (κ1) is 9.88. The van der Waals surface area contributed by atoms with Crippen molar-refractivity contribution >= 4 is 0 Å². The summed E-state index contributed by atoms with van der Waals surface area (Å²) in [5.74, 6) is 0. The van der Waals surface area contributed by atoms with E-state index in [1.165, 1.54) is 0 Å². The van der Waals surface area contributed by atoms with Gasteiger partial charge in [-0.15, -0.1) is 0 Å². The van der Waals surface area contributed by atoms with Crippen molar-refractivity contribution < 1.29 is 4.74 Å². The van der Waals surface area contributed by atoms with E-state index in [1.807, 2.05) is 0 Å². The Morgan fingerprint density at radius 2 is 2.30 bits per heavy atom. The molecule has 10 heavy (non-hydrogen) atoms. The molecule has 62 valence electrons. The van der Waals surface area contributed by atoms with Crippen LogP contribution in [0.5, 0.6) is 0 Å². The summed E-state index contributed by atoms with van der Waals surface area (Å²) in [6, 6.07) is 0.428. The van der Waals surface area contributed by atoms with Gasteiger partial charge in [-0.25, -0.2) is 0 Å². The fourth-order valence-corrected chi connectivity index (χ4v) is 0.648. The van der Waals surface area contributed by atoms with Crippen LogP contribution < -0.4 is 11.1 Å². The molecule has 0 aromatic carbocycles. The van der Waals surface area contributed by atoms with E-state index in [4.69, 9.17) is 10.5 Å². The molecule has 0 aromatic heterocycles. The monoisotopic (exact) mass is 146 g/mol. The van der Waals surface area contributed by atoms with E-state index in [1.54, 1.807) is 7.11 Å². The number of rotatable bonds is 6. The van der Waals surface area contributed by atoms with Crippen LogP contribution in [-0.2, 0) is 4.74 Å². The Labute approximate surface area is 62.9 Å². The summed E-state index contributed by atoms with van der Waals surface area (Å²) >= 11 is 0. The summed E-state index contributed by atoms with van der Waals surface area (Å²) in [6.07, 6.45) is 1.06. The van der Waals surface area contributed by atoms with Gasteiger partial charge in [0, 0.05) is 26.3 Å². The van der Waals surface area contributed by atoms with Crippen LogP contribution in [0.25, 0.3) is 0 Å². The molecule has 0 aromatic rings. The number of methoxy groups -OCH3 is 1. The van der Waals surface area contributed by atoms with E-state index in [0.29, 0.717) is 12.6 Å². The number of nitrogens with two attached hydrogens (primary N) is 1. The first-order valence-electron chi connectivity index (χ1n) is 3.73. The first-order valence-corrected chi connectivity index (χ1v) is 3.73. The molecule has 3 nitrogen and oxygen atoms in total. The molecule has 0 saturated heterocycles. The van der Waals surface area contributed by atoms with Gasteiger partial charge in [0.25, 0.3) is 0 Å². The highest BCUT2D eigenvalue weighted by Gasteiger charge is 1.94. The minimum Gasteiger partial charge on any atom is -0.385 e. The van der Waals surface area contributed by atoms with E-state index in [2.05, 4.69) is 12.2 Å². The molecule has 0 amide bonds. The Morgan fingerprint density at radius 3 is 2.80 bits per heavy atom. The highest BCUT2D eigenvalue weighted by molar-refractivity contribution is 4.59. The zero-order valence-electron chi connectivity index (χ0n) is 6.89. The highest BCUT2D eigenvalue weighted by Crippen LogP contribution is 1.80. The predicted molar refractivity (Wildman–Crippen MR) is 43.0 cm³/mol. The normalized spacial score (nSPS) is 13.5. The van der Waals surface area contributed by atoms with Crippen LogP contribution in [0.15, 0.2) is 0 Å². The van der Waals surface area contributed by atoms with Crippen molar-refractivity contribution in [1.29, 1.82) is 0 Å². The van der Waals surface area contributed by atoms with Crippen molar-refractivity contribution in [2.45, 2.75) is 19.4 Å². The summed E-state index contributed by atoms with van der Waals surface area (Å²) < 4.78 is 4.89. The molecule has 0 aliphatic rings. The Morgan fingerprint density at radius 1 is 1.60 bits per heavy atom. The third kappa shape index (κ3) is 6.01. The smallest absolute Gasteiger partial charge is 0.0474 e. The topological polar surface area (TPSA) is 47.3 Å². The van der Waals surface area contributed by atoms with Gasteiger partial charge >= 0.3 is 0 Å². The summed E-state index contributed by atoms with van der Waals surface area (Å²) in [4.78, 5) is 0. The Kier molecular flexibility index (Phi) is 6.91. The van der Waals surface area contributed by atoms with Crippen molar-refractivity contribution in [2.24, 2.45) is 5.73 Å². The van der Waals surface area contributed by atoms with E-state index in [-0.39, 0.29) is 0 Å². The summed E-state index contributed by atoms with van der Waals surface area (Å²) in [5.41, 5.74) is 5.39. The van der Waals surface area contributed by atoms with Crippen LogP contribution in [0.4, 0.5) is 0 Å². The average Bonchev–Trinajstić information content (AvgIpc) is 1.98. The van der Waals surface area contributed by atoms with Gasteiger partial charge in [-0.3, -0.25) is 0 Å². The molecule has 0 bridgehead atoms. The van der Waals surface area contributed by atoms with Crippen molar-refractivity contribution in [1.82, 2.24) is 5.32 Å². The first-order chi connectivity index (χ1) is 4.81. The van der Waals surface area contributed by atoms with Crippen LogP contribution in [0.3, 0.4) is 0 Å². The van der Waals surface area contributed by atoms with Gasteiger partial charge in [0.15, 0.2) is 0 Å². The lowest BCUT2D eigenvalue weighted by atomic mass is 10.3. The Bertz CT molecular complexity index is 68.6. The van der Waals surface area contributed by atoms with Gasteiger partial charge in [-0.05, 0) is 19.9 Å². The summed E-state index contributed by atoms with van der Waals surface area (Å²) in [7, 11) is 1.71. The largest absolute Gasteiger partial charge is 0.385 e. The van der Waals surface area contributed by atoms with Crippen molar-refractivity contribution in [3.05, 3.63) is 0 Å². The second kappa shape index (κ2) is 6.99. The molecule has 0 spiro atoms. The quantitative estimate of drug-likeness (QED) is 0.517. The third-order valence-electron chi connectivity index (χ3n) is 1.37.